The van der Waals surface area contributed by atoms with Crippen LogP contribution in [-0.4, -0.2) is 18.9 Å². The van der Waals surface area contributed by atoms with Gasteiger partial charge in [0.05, 0.1) is 11.4 Å². The Morgan fingerprint density at radius 3 is 2.48 bits per heavy atom. The molecule has 1 atom stereocenters. The fourth-order valence-electron chi connectivity index (χ4n) is 2.54. The van der Waals surface area contributed by atoms with Crippen molar-refractivity contribution in [3.8, 4) is 10.4 Å². The van der Waals surface area contributed by atoms with E-state index in [2.05, 4.69) is 10.6 Å². The molecule has 3 aromatic rings. The number of amides is 2. The van der Waals surface area contributed by atoms with Gasteiger partial charge in [-0.1, -0.05) is 24.3 Å². The van der Waals surface area contributed by atoms with Crippen LogP contribution >= 0.6 is 11.3 Å². The monoisotopic (exact) mass is 383 g/mol. The maximum Gasteiger partial charge on any atom is 0.258 e. The molecule has 0 aliphatic rings. The second-order valence-corrected chi connectivity index (χ2v) is 6.78. The normalized spacial score (nSPS) is 11.6. The first-order chi connectivity index (χ1) is 13.0. The van der Waals surface area contributed by atoms with E-state index in [-0.39, 0.29) is 11.5 Å². The quantitative estimate of drug-likeness (QED) is 0.582. The summed E-state index contributed by atoms with van der Waals surface area (Å²) in [6.45, 7) is 0. The average Bonchev–Trinajstić information content (AvgIpc) is 3.23. The lowest BCUT2D eigenvalue weighted by molar-refractivity contribution is -0.125. The number of carbonyl (C=O) groups is 2. The maximum atomic E-state index is 13.9. The Labute approximate surface area is 160 Å². The minimum absolute atomic E-state index is 0.185. The van der Waals surface area contributed by atoms with Crippen LogP contribution in [0.4, 0.5) is 15.8 Å². The predicted octanol–water partition coefficient (Wildman–Crippen LogP) is 4.01. The minimum atomic E-state index is -1.77. The van der Waals surface area contributed by atoms with Crippen molar-refractivity contribution in [3.05, 3.63) is 71.1 Å². The van der Waals surface area contributed by atoms with E-state index in [9.17, 15) is 14.0 Å². The van der Waals surface area contributed by atoms with Gasteiger partial charge in [-0.05, 0) is 46.8 Å². The number of alkyl halides is 1. The van der Waals surface area contributed by atoms with Crippen molar-refractivity contribution in [1.29, 1.82) is 0 Å². The topological polar surface area (TPSA) is 84.2 Å². The van der Waals surface area contributed by atoms with Gasteiger partial charge in [0.1, 0.15) is 0 Å². The summed E-state index contributed by atoms with van der Waals surface area (Å²) in [5.41, 5.74) is 8.40. The Morgan fingerprint density at radius 2 is 1.85 bits per heavy atom. The number of nitrogen functional groups attached to an aromatic ring is 1. The van der Waals surface area contributed by atoms with Gasteiger partial charge in [-0.25, -0.2) is 4.39 Å². The minimum Gasteiger partial charge on any atom is -0.397 e. The summed E-state index contributed by atoms with van der Waals surface area (Å²) < 4.78 is 13.9. The van der Waals surface area contributed by atoms with Crippen LogP contribution in [-0.2, 0) is 4.79 Å². The smallest absolute Gasteiger partial charge is 0.258 e. The second kappa shape index (κ2) is 8.01. The van der Waals surface area contributed by atoms with E-state index in [0.29, 0.717) is 16.9 Å². The van der Waals surface area contributed by atoms with Crippen LogP contribution in [0.3, 0.4) is 0 Å². The number of nitrogens with one attached hydrogen (secondary N) is 2. The number of carbonyl (C=O) groups excluding carboxylic acids is 2. The van der Waals surface area contributed by atoms with Gasteiger partial charge in [0.2, 0.25) is 6.17 Å². The molecule has 138 valence electrons. The molecule has 2 aromatic carbocycles. The molecule has 4 N–H and O–H groups in total. The number of rotatable bonds is 5. The third-order valence-corrected chi connectivity index (χ3v) is 4.97. The SMILES string of the molecule is CNC(=O)[C@H](F)c1ccc(C(=O)Nc2cc(-c3cccs3)ccc2N)cc1. The maximum absolute atomic E-state index is 13.9. The first kappa shape index (κ1) is 18.6. The number of thiophene rings is 1. The molecule has 0 fully saturated rings. The Bertz CT molecular complexity index is 956. The number of hydrogen-bond acceptors (Lipinski definition) is 4. The standard InChI is InChI=1S/C20H18FN3O2S/c1-23-20(26)18(21)12-4-6-13(7-5-12)19(25)24-16-11-14(8-9-15(16)22)17-3-2-10-27-17/h2-11,18H,22H2,1H3,(H,23,26)(H,24,25)/t18-/m1/s1. The first-order valence-electron chi connectivity index (χ1n) is 8.20. The molecule has 0 saturated carbocycles. The molecule has 0 saturated heterocycles. The molecule has 3 rings (SSSR count). The lowest BCUT2D eigenvalue weighted by atomic mass is 10.1. The molecular weight excluding hydrogens is 365 g/mol. The van der Waals surface area contributed by atoms with Gasteiger partial charge < -0.3 is 16.4 Å². The zero-order chi connectivity index (χ0) is 19.4. The molecule has 1 heterocycles. The summed E-state index contributed by atoms with van der Waals surface area (Å²) >= 11 is 1.59. The van der Waals surface area contributed by atoms with Gasteiger partial charge in [-0.2, -0.15) is 0 Å². The van der Waals surface area contributed by atoms with E-state index < -0.39 is 12.1 Å². The third kappa shape index (κ3) is 4.15. The summed E-state index contributed by atoms with van der Waals surface area (Å²) in [6, 6.07) is 15.2. The van der Waals surface area contributed by atoms with E-state index in [0.717, 1.165) is 10.4 Å². The summed E-state index contributed by atoms with van der Waals surface area (Å²) in [5.74, 6) is -1.10. The first-order valence-corrected chi connectivity index (χ1v) is 9.08. The van der Waals surface area contributed by atoms with Crippen molar-refractivity contribution in [2.75, 3.05) is 18.1 Å². The second-order valence-electron chi connectivity index (χ2n) is 5.83. The molecular formula is C20H18FN3O2S. The number of benzene rings is 2. The fraction of sp³-hybridized carbons (Fsp3) is 0.100. The van der Waals surface area contributed by atoms with E-state index >= 15 is 0 Å². The number of anilines is 2. The van der Waals surface area contributed by atoms with Crippen LogP contribution < -0.4 is 16.4 Å². The molecule has 0 aliphatic carbocycles. The van der Waals surface area contributed by atoms with Crippen LogP contribution in [0.5, 0.6) is 0 Å². The summed E-state index contributed by atoms with van der Waals surface area (Å²) in [4.78, 5) is 24.9. The van der Waals surface area contributed by atoms with E-state index in [4.69, 9.17) is 5.73 Å². The number of nitrogens with two attached hydrogens (primary N) is 1. The summed E-state index contributed by atoms with van der Waals surface area (Å²) in [6.07, 6.45) is -1.77. The molecule has 0 spiro atoms. The zero-order valence-corrected chi connectivity index (χ0v) is 15.3. The van der Waals surface area contributed by atoms with Crippen molar-refractivity contribution in [2.45, 2.75) is 6.17 Å². The van der Waals surface area contributed by atoms with E-state index in [1.165, 1.54) is 31.3 Å². The highest BCUT2D eigenvalue weighted by Gasteiger charge is 2.18. The van der Waals surface area contributed by atoms with Crippen LogP contribution in [0.15, 0.2) is 60.0 Å². The molecule has 0 bridgehead atoms. The van der Waals surface area contributed by atoms with E-state index in [1.54, 1.807) is 17.4 Å². The van der Waals surface area contributed by atoms with Crippen molar-refractivity contribution in [2.24, 2.45) is 0 Å². The van der Waals surface area contributed by atoms with Gasteiger partial charge in [0, 0.05) is 17.5 Å². The molecule has 2 amide bonds. The van der Waals surface area contributed by atoms with Crippen molar-refractivity contribution in [3.63, 3.8) is 0 Å². The lowest BCUT2D eigenvalue weighted by Crippen LogP contribution is -2.23. The molecule has 27 heavy (non-hydrogen) atoms. The highest BCUT2D eigenvalue weighted by molar-refractivity contribution is 7.13. The van der Waals surface area contributed by atoms with Crippen molar-refractivity contribution < 1.29 is 14.0 Å². The van der Waals surface area contributed by atoms with Gasteiger partial charge in [0.15, 0.2) is 0 Å². The summed E-state index contributed by atoms with van der Waals surface area (Å²) in [5, 5.41) is 7.00. The Morgan fingerprint density at radius 1 is 1.11 bits per heavy atom. The highest BCUT2D eigenvalue weighted by Crippen LogP contribution is 2.30. The van der Waals surface area contributed by atoms with Crippen LogP contribution in [0.25, 0.3) is 10.4 Å². The largest absolute Gasteiger partial charge is 0.397 e. The van der Waals surface area contributed by atoms with Crippen molar-refractivity contribution >= 4 is 34.5 Å². The molecule has 7 heteroatoms. The Balaban J connectivity index is 1.77. The summed E-state index contributed by atoms with van der Waals surface area (Å²) in [7, 11) is 1.37. The molecule has 5 nitrogen and oxygen atoms in total. The van der Waals surface area contributed by atoms with Crippen LogP contribution in [0.2, 0.25) is 0 Å². The number of halogens is 1. The zero-order valence-electron chi connectivity index (χ0n) is 14.5. The number of likely N-dealkylation sites (N-methyl/N-ethyl adjacent to an activating group) is 1. The predicted molar refractivity (Wildman–Crippen MR) is 106 cm³/mol. The lowest BCUT2D eigenvalue weighted by Gasteiger charge is -2.11. The average molecular weight is 383 g/mol. The Kier molecular flexibility index (Phi) is 5.52. The van der Waals surface area contributed by atoms with Crippen LogP contribution in [0.1, 0.15) is 22.1 Å². The van der Waals surface area contributed by atoms with Crippen LogP contribution in [0, 0.1) is 0 Å². The molecule has 0 unspecified atom stereocenters. The van der Waals surface area contributed by atoms with Gasteiger partial charge >= 0.3 is 0 Å². The highest BCUT2D eigenvalue weighted by atomic mass is 32.1. The van der Waals surface area contributed by atoms with Gasteiger partial charge in [-0.3, -0.25) is 9.59 Å². The Hall–Kier alpha value is -3.19. The van der Waals surface area contributed by atoms with Crippen molar-refractivity contribution in [1.82, 2.24) is 5.32 Å². The van der Waals surface area contributed by atoms with Gasteiger partial charge in [0.25, 0.3) is 11.8 Å². The third-order valence-electron chi connectivity index (χ3n) is 4.05. The van der Waals surface area contributed by atoms with Gasteiger partial charge in [-0.15, -0.1) is 11.3 Å². The molecule has 0 aliphatic heterocycles. The molecule has 0 radical (unpaired) electrons. The fourth-order valence-corrected chi connectivity index (χ4v) is 3.26. The molecule has 1 aromatic heterocycles. The van der Waals surface area contributed by atoms with E-state index in [1.807, 2.05) is 29.6 Å². The number of hydrogen-bond donors (Lipinski definition) is 3.